The second-order valence-electron chi connectivity index (χ2n) is 50.8. The molecule has 0 aromatic rings. The number of carbonyl (C=O) groups is 1. The van der Waals surface area contributed by atoms with Gasteiger partial charge in [-0.1, -0.05) is 289 Å². The molecule has 136 heavy (non-hydrogen) atoms. The molecule has 8 rings (SSSR count). The molecule has 6 saturated heterocycles. The van der Waals surface area contributed by atoms with E-state index in [0.29, 0.717) is 48.7 Å². The van der Waals surface area contributed by atoms with Crippen LogP contribution in [0.15, 0.2) is 46.6 Å². The fourth-order valence-corrected chi connectivity index (χ4v) is 28.9. The number of hydrogen-bond acceptors (Lipinski definition) is 15. The van der Waals surface area contributed by atoms with Gasteiger partial charge in [0.1, 0.15) is 17.5 Å². The summed E-state index contributed by atoms with van der Waals surface area (Å²) in [6, 6.07) is 0. The number of aliphatic hydroxyl groups excluding tert-OH is 1. The first-order valence-corrected chi connectivity index (χ1v) is 74.2. The molecule has 28 heteroatoms. The maximum Gasteiger partial charge on any atom is 2.00 e. The summed E-state index contributed by atoms with van der Waals surface area (Å²) in [5.74, 6) is 2.46. The molecule has 6 aliphatic heterocycles. The standard InChI is InChI=1S/C50H95IO7Si3.C33H67IO4Si3.C17H27IO3.C4H10O.C4H9.2BrH.Li.Mg/c1-20-21-36-29-40-43(53-32-36)30-41(46(58-61(18,19)49(11,12)13)45(40)57-60(16,17)48(8,9)10)42(56-59(14,15)47(5,6)7)26-23-37(52)22-24-39-31-50(33-51)44(54-39)27-25-38(55-50)28-35(4)34(2)3;1-17-18-25-20-19-24-23-26(27(21-22-34)36-39(11,12)31(2,3)4)29(37-40(13,14)32(5,6)7)30(28(24)35-25)38-41(15,16)33(8,9)10;1-12(2)13(3)9-14-6-7-16-17(11-18,21-14)10-15(20-16)5-4-8-19;1-3-5-4-2;1-3-4-2;;;;/h23,26,35-46,52H,2,20-22,24-25,27-33H2,1,3-19H3;21-22,24-30H,17-20,23H2,1-16H3;8,13-16H,1,4-7,9-11H2,2-3H3;3-4H2,1-2H3;1,3-4H2,2H3;2*1H;;/q;;;;-1;;;+1;+2/p-2/b26-23+;22-21+;;;;;;;/t35-,36-,37?,38-,39+,40+,41+,42+,43-,44+,45+,46-,50-;24-,25+,26+,27+,28+,29-,30+;13-,14-,15+,16+,17-;;;;;;/m111....../s1. The molecule has 0 amide bonds. The summed E-state index contributed by atoms with van der Waals surface area (Å²) in [7, 11) is -13.1. The molecule has 0 radical (unpaired) electrons. The van der Waals surface area contributed by atoms with E-state index < -0.39 is 56.0 Å². The zero-order valence-corrected chi connectivity index (χ0v) is 112. The fraction of sp³-hybridized carbons (Fsp3) is 0.907. The molecular weight excluding hydrogens is 2280 g/mol. The van der Waals surface area contributed by atoms with Crippen LogP contribution in [0.3, 0.4) is 0 Å². The smallest absolute Gasteiger partial charge is 1.00 e. The number of aldehydes is 1. The van der Waals surface area contributed by atoms with Crippen LogP contribution < -0.4 is 52.8 Å². The van der Waals surface area contributed by atoms with Crippen LogP contribution in [0.2, 0.25) is 109 Å². The van der Waals surface area contributed by atoms with Gasteiger partial charge in [-0.05, 0) is 267 Å². The summed E-state index contributed by atoms with van der Waals surface area (Å²) in [4.78, 5) is 10.6. The number of alkyl halides is 2. The SMILES string of the molecule is C=C(C)[C@H](C)C[C@H]1CC[C@@H]2O[C@@H](CCC(O)/C=C/[C@H](O[Si](C)(C)C(C)(C)C)[C@@H]3C[C@H]4OC[C@H](CCC)C[C@@H]4[C@H](O[Si](C)(C)C(C)(C)C)[C@@H]3O[Si](C)(C)C(C)(C)C)C[C@]2(CI)O1.C=C(C)[C@H](C)C[C@H]1CC[C@@H]2O[C@@H](CCC=O)C[C@]2(CI)O1.CCC[C@H]1CC[C@@H]2C[C@@H]([C@H](/C=C/I)O[Si](C)(C)C(C)(C)C)[C@@H](O[Si](C)(C)C(C)(C)C)[C@@H](O[Si](C)(C)C(C)(C)C)[C@H]2O1.CCOCC.[Br-].[Br-].[CH2-]CCC.[Li+].[Mg+2]. The predicted molar refractivity (Wildman–Crippen MR) is 607 cm³/mol. The Morgan fingerprint density at radius 2 is 0.882 bits per heavy atom. The topological polar surface area (TPSA) is 157 Å². The number of halogens is 5. The van der Waals surface area contributed by atoms with Crippen LogP contribution in [-0.4, -0.2) is 222 Å². The van der Waals surface area contributed by atoms with Crippen molar-refractivity contribution in [2.45, 2.75) is 552 Å². The van der Waals surface area contributed by atoms with Crippen molar-refractivity contribution in [3.05, 3.63) is 53.5 Å². The molecule has 0 aromatic heterocycles. The van der Waals surface area contributed by atoms with E-state index >= 15 is 0 Å². The number of aliphatic hydroxyl groups is 1. The Bertz CT molecular complexity index is 3460. The van der Waals surface area contributed by atoms with E-state index in [1.54, 1.807) is 0 Å². The Balaban J connectivity index is 0.00000208. The van der Waals surface area contributed by atoms with Gasteiger partial charge in [0.2, 0.25) is 0 Å². The van der Waals surface area contributed by atoms with Crippen molar-refractivity contribution in [1.82, 2.24) is 0 Å². The molecule has 15 nitrogen and oxygen atoms in total. The van der Waals surface area contributed by atoms with Crippen molar-refractivity contribution in [2.75, 3.05) is 28.7 Å². The molecule has 1 unspecified atom stereocenters. The van der Waals surface area contributed by atoms with E-state index in [2.05, 4.69) is 356 Å². The summed E-state index contributed by atoms with van der Waals surface area (Å²) in [5, 5.41) is 12.2. The van der Waals surface area contributed by atoms with Crippen LogP contribution in [0, 0.1) is 48.3 Å². The van der Waals surface area contributed by atoms with Crippen LogP contribution in [0.25, 0.3) is 0 Å². The molecular formula is C108H208Br2I3LiMgO15Si6. The second kappa shape index (κ2) is 60.5. The molecule has 0 bridgehead atoms. The molecule has 2 saturated carbocycles. The normalized spacial score (nSPS) is 30.4. The Labute approximate surface area is 935 Å². The summed E-state index contributed by atoms with van der Waals surface area (Å²) < 4.78 is 94.6. The Morgan fingerprint density at radius 1 is 0.500 bits per heavy atom. The number of rotatable bonds is 38. The minimum Gasteiger partial charge on any atom is -1.00 e. The number of carbonyl (C=O) groups excluding carboxylic acids is 1. The molecule has 0 aromatic carbocycles. The summed E-state index contributed by atoms with van der Waals surface area (Å²) in [6.45, 7) is 105. The Kier molecular flexibility index (Phi) is 62.2. The van der Waals surface area contributed by atoms with Gasteiger partial charge in [0.25, 0.3) is 0 Å². The average molecular weight is 2490 g/mol. The quantitative estimate of drug-likeness (QED) is 0.0155. The van der Waals surface area contributed by atoms with Crippen molar-refractivity contribution < 1.29 is 122 Å². The molecule has 2 aliphatic carbocycles. The predicted octanol–water partition coefficient (Wildman–Crippen LogP) is 22.3. The van der Waals surface area contributed by atoms with Gasteiger partial charge in [0.05, 0.1) is 97.7 Å². The molecule has 25 atom stereocenters. The fourth-order valence-electron chi connectivity index (χ4n) is 18.6. The first-order chi connectivity index (χ1) is 60.6. The van der Waals surface area contributed by atoms with Crippen LogP contribution in [-0.2, 0) is 64.5 Å². The molecule has 0 spiro atoms. The van der Waals surface area contributed by atoms with E-state index in [4.69, 9.17) is 59.7 Å². The largest absolute Gasteiger partial charge is 2.00 e. The molecule has 8 fully saturated rings. The van der Waals surface area contributed by atoms with Crippen LogP contribution >= 0.6 is 67.8 Å². The van der Waals surface area contributed by atoms with E-state index in [-0.39, 0.29) is 214 Å². The van der Waals surface area contributed by atoms with Gasteiger partial charge >= 0.3 is 41.9 Å². The third-order valence-electron chi connectivity index (χ3n) is 33.8. The van der Waals surface area contributed by atoms with Crippen molar-refractivity contribution in [3.63, 3.8) is 0 Å². The number of hydrogen-bond donors (Lipinski definition) is 1. The van der Waals surface area contributed by atoms with Gasteiger partial charge in [0.15, 0.2) is 49.9 Å². The molecule has 6 heterocycles. The van der Waals surface area contributed by atoms with Crippen molar-refractivity contribution in [3.8, 4) is 0 Å². The van der Waals surface area contributed by atoms with Gasteiger partial charge < -0.3 is 111 Å². The summed E-state index contributed by atoms with van der Waals surface area (Å²) in [6.07, 6.45) is 31.2. The maximum atomic E-state index is 11.8. The number of allylic oxidation sites excluding steroid dienone is 2. The first kappa shape index (κ1) is 140. The van der Waals surface area contributed by atoms with Crippen LogP contribution in [0.1, 0.15) is 335 Å². The van der Waals surface area contributed by atoms with Gasteiger partial charge in [0, 0.05) is 65.7 Å². The number of ether oxygens (including phenoxy) is 7. The minimum absolute atomic E-state index is 0. The van der Waals surface area contributed by atoms with Gasteiger partial charge in [-0.25, -0.2) is 0 Å². The van der Waals surface area contributed by atoms with Gasteiger partial charge in [-0.3, -0.25) is 0 Å². The molecule has 1 N–H and O–H groups in total. The van der Waals surface area contributed by atoms with E-state index in [1.165, 1.54) is 30.4 Å². The monoisotopic (exact) mass is 2480 g/mol. The third kappa shape index (κ3) is 40.7. The van der Waals surface area contributed by atoms with Crippen LogP contribution in [0.5, 0.6) is 0 Å². The van der Waals surface area contributed by atoms with Crippen molar-refractivity contribution in [2.24, 2.45) is 41.4 Å². The number of fused-ring (bicyclic) bond motifs is 4. The Morgan fingerprint density at radius 3 is 1.25 bits per heavy atom. The molecule has 792 valence electrons. The zero-order chi connectivity index (χ0) is 101. The first-order valence-electron chi connectivity index (χ1n) is 52.5. The van der Waals surface area contributed by atoms with E-state index in [1.807, 2.05) is 19.9 Å². The zero-order valence-electron chi connectivity index (χ0n) is 94.8. The van der Waals surface area contributed by atoms with E-state index in [9.17, 15) is 9.90 Å². The van der Waals surface area contributed by atoms with Crippen LogP contribution in [0.4, 0.5) is 0 Å². The maximum absolute atomic E-state index is 11.8. The third-order valence-corrected chi connectivity index (χ3v) is 63.7. The Hall–Kier alpha value is 3.88. The molecule has 8 aliphatic rings. The summed E-state index contributed by atoms with van der Waals surface area (Å²) >= 11 is 7.31. The minimum atomic E-state index is -2.30. The second-order valence-corrected chi connectivity index (χ2v) is 81.5. The van der Waals surface area contributed by atoms with Crippen molar-refractivity contribution in [1.29, 1.82) is 0 Å². The van der Waals surface area contributed by atoms with Gasteiger partial charge in [-0.2, -0.15) is 6.42 Å². The van der Waals surface area contributed by atoms with Gasteiger partial charge in [-0.15, -0.1) is 0 Å². The average Bonchev–Trinajstić information content (AvgIpc) is 1.07. The summed E-state index contributed by atoms with van der Waals surface area (Å²) in [5.41, 5.74) is 2.08. The number of unbranched alkanes of at least 4 members (excludes halogenated alkanes) is 1. The van der Waals surface area contributed by atoms with E-state index in [0.717, 1.165) is 151 Å². The van der Waals surface area contributed by atoms with Crippen molar-refractivity contribution >= 4 is 147 Å².